The number of carboxylic acids is 1. The van der Waals surface area contributed by atoms with Gasteiger partial charge in [-0.05, 0) is 80.6 Å². The molecule has 0 spiro atoms. The number of benzene rings is 4. The Morgan fingerprint density at radius 3 is 1.12 bits per heavy atom. The summed E-state index contributed by atoms with van der Waals surface area (Å²) in [6.07, 6.45) is -1.74. The van der Waals surface area contributed by atoms with Gasteiger partial charge in [-0.15, -0.1) is 34.0 Å². The molecule has 13 aromatic rings. The predicted octanol–water partition coefficient (Wildman–Crippen LogP) is 18.2. The van der Waals surface area contributed by atoms with Crippen LogP contribution in [0.4, 0.5) is 75.4 Å². The van der Waals surface area contributed by atoms with Crippen LogP contribution in [-0.4, -0.2) is 122 Å². The second-order valence-corrected chi connectivity index (χ2v) is 27.4. The smallest absolute Gasteiger partial charge is 0.409 e. The second kappa shape index (κ2) is 34.7. The number of carbonyl (C=O) groups is 4. The van der Waals surface area contributed by atoms with Crippen LogP contribution >= 0.6 is 34.0 Å². The molecule has 0 aliphatic carbocycles. The number of hydrogen-bond donors (Lipinski definition) is 5. The predicted molar refractivity (Wildman–Crippen MR) is 394 cm³/mol. The highest BCUT2D eigenvalue weighted by Gasteiger charge is 2.53. The van der Waals surface area contributed by atoms with Crippen molar-refractivity contribution in [2.45, 2.75) is 63.3 Å². The van der Waals surface area contributed by atoms with Gasteiger partial charge < -0.3 is 63.8 Å². The maximum Gasteiger partial charge on any atom is 0.409 e. The lowest BCUT2D eigenvalue weighted by molar-refractivity contribution is -0.184. The van der Waals surface area contributed by atoms with E-state index in [0.717, 1.165) is 62.0 Å². The number of nitrogens with one attached hydrogen (secondary N) is 4. The Balaban J connectivity index is 0.000000167. The number of carboxylic acid groups (broad SMARTS) is 1. The summed E-state index contributed by atoms with van der Waals surface area (Å²) in [6, 6.07) is 20.6. The van der Waals surface area contributed by atoms with Crippen molar-refractivity contribution in [1.82, 2.24) is 43.6 Å². The fraction of sp³-hybridized carbons (Fsp3) is 0.216. The number of aryl methyl sites for hydroxylation is 3. The van der Waals surface area contributed by atoms with Crippen molar-refractivity contribution in [1.29, 1.82) is 0 Å². The summed E-state index contributed by atoms with van der Waals surface area (Å²) in [5, 5.41) is 17.4. The van der Waals surface area contributed by atoms with E-state index in [2.05, 4.69) is 50.0 Å². The lowest BCUT2D eigenvalue weighted by Gasteiger charge is -2.28. The minimum Gasteiger partial charge on any atom is -0.481 e. The number of hydrogen-bond acceptors (Lipinski definition) is 21. The molecule has 0 saturated carbocycles. The number of carbonyl (C=O) groups excluding carboxylic acids is 3. The number of anilines is 4. The number of halogens is 12. The van der Waals surface area contributed by atoms with Crippen LogP contribution in [-0.2, 0) is 49.8 Å². The van der Waals surface area contributed by atoms with E-state index in [1.807, 2.05) is 73.1 Å². The van der Waals surface area contributed by atoms with E-state index in [9.17, 15) is 67.5 Å². The summed E-state index contributed by atoms with van der Waals surface area (Å²) < 4.78 is 201. The van der Waals surface area contributed by atoms with Crippen molar-refractivity contribution in [3.05, 3.63) is 195 Å². The molecule has 3 unspecified atom stereocenters. The number of para-hydroxylation sites is 1. The average Bonchev–Trinajstić information content (AvgIpc) is 1.65. The van der Waals surface area contributed by atoms with E-state index in [-0.39, 0.29) is 53.3 Å². The molecule has 0 aliphatic rings. The Morgan fingerprint density at radius 2 is 0.804 bits per heavy atom. The highest BCUT2D eigenvalue weighted by atomic mass is 32.1. The van der Waals surface area contributed by atoms with Gasteiger partial charge >= 0.3 is 36.4 Å². The van der Waals surface area contributed by atoms with Crippen molar-refractivity contribution in [3.8, 4) is 66.2 Å². The Morgan fingerprint density at radius 1 is 0.446 bits per heavy atom. The van der Waals surface area contributed by atoms with Crippen LogP contribution < -0.4 is 35.5 Å². The number of amides is 1. The molecular weight excluding hydrogens is 1560 g/mol. The Kier molecular flexibility index (Phi) is 25.0. The topological polar surface area (TPSA) is 275 Å². The fourth-order valence-corrected chi connectivity index (χ4v) is 13.8. The van der Waals surface area contributed by atoms with Gasteiger partial charge in [-0.25, -0.2) is 28.1 Å². The zero-order chi connectivity index (χ0) is 80.3. The zero-order valence-electron chi connectivity index (χ0n) is 58.8. The quantitative estimate of drug-likeness (QED) is 0.0202. The van der Waals surface area contributed by atoms with Crippen LogP contribution in [0.25, 0.3) is 62.4 Å². The van der Waals surface area contributed by atoms with E-state index in [4.69, 9.17) is 19.3 Å². The first-order valence-electron chi connectivity index (χ1n) is 33.2. The summed E-state index contributed by atoms with van der Waals surface area (Å²) in [5.41, 5.74) is 3.73. The molecule has 13 rings (SSSR count). The SMILES string of the molecule is CCOC(=O)C(C(=O)OCC)C(Nc1ccc(Oc2ccnc3cc(-c4cn(C)cn4)sc23)c(F)c1)C(F)(F)F.Cn1cnc(-c2cc3nccc(Oc4ccc(NC(CC(=O)Nc5ccccc5)C(F)(F)F)cc4F)c3s2)c1.Cn1cnc(-c2cc3nccc(Oc4ccc(NC(CC(=O)O)C(F)(F)F)cc4F)c3s2)c1. The number of fused-ring (bicyclic) bond motifs is 3. The second-order valence-electron chi connectivity index (χ2n) is 24.3. The standard InChI is InChI=1S/C27H21F4N5O2S.C26H24F4N4O5S.C21H16F4N4O3S/c1-36-14-20(33-15-36)23-12-19-26(39-23)22(9-10-32-19)38-21-8-7-17(11-18(21)28)34-24(27(29,30)31)13-25(37)35-16-5-3-2-4-6-16;1-4-37-24(35)21(25(36)38-5-2)23(26(28,29)30)33-14-6-7-18(15(27)10-14)39-19-8-9-31-16-11-20(40-22(16)19)17-12-34(3)13-32-17;1-29-9-14(27-10-29)17-7-13-20(33-17)16(4-5-26-13)32-15-3-2-11(6-12(15)22)28-18(8-19(30)31)21(23,24)25/h2-12,14-15,24,34H,13H2,1H3,(H,35,37);6-13,21,23,33H,4-5H2,1-3H3;2-7,9-10,18,28H,8H2,1H3,(H,30,31). The molecule has 9 heterocycles. The van der Waals surface area contributed by atoms with E-state index < -0.39 is 96.7 Å². The number of ether oxygens (including phenoxy) is 5. The molecule has 23 nitrogen and oxygen atoms in total. The number of aromatic nitrogens is 9. The molecule has 5 N–H and O–H groups in total. The summed E-state index contributed by atoms with van der Waals surface area (Å²) in [5.74, 6) is -10.1. The van der Waals surface area contributed by atoms with Gasteiger partial charge in [0, 0.05) is 117 Å². The molecule has 0 bridgehead atoms. The number of alkyl halides is 9. The molecule has 584 valence electrons. The number of esters is 2. The lowest BCUT2D eigenvalue weighted by atomic mass is 9.98. The number of rotatable bonds is 25. The van der Waals surface area contributed by atoms with Crippen molar-refractivity contribution >= 4 is 111 Å². The molecule has 0 radical (unpaired) electrons. The van der Waals surface area contributed by atoms with Gasteiger partial charge in [-0.1, -0.05) is 18.2 Å². The van der Waals surface area contributed by atoms with Crippen LogP contribution in [0.15, 0.2) is 177 Å². The first-order chi connectivity index (χ1) is 53.3. The Labute approximate surface area is 638 Å². The van der Waals surface area contributed by atoms with Gasteiger partial charge in [0.2, 0.25) is 5.91 Å². The van der Waals surface area contributed by atoms with E-state index in [1.165, 1.54) is 96.8 Å². The van der Waals surface area contributed by atoms with Gasteiger partial charge in [0.15, 0.2) is 40.6 Å². The highest BCUT2D eigenvalue weighted by molar-refractivity contribution is 7.23. The van der Waals surface area contributed by atoms with Crippen molar-refractivity contribution in [2.24, 2.45) is 27.1 Å². The monoisotopic (exact) mass is 1620 g/mol. The third kappa shape index (κ3) is 20.4. The van der Waals surface area contributed by atoms with E-state index in [1.54, 1.807) is 70.6 Å². The van der Waals surface area contributed by atoms with Crippen molar-refractivity contribution in [2.75, 3.05) is 34.5 Å². The maximum atomic E-state index is 15.1. The van der Waals surface area contributed by atoms with Gasteiger partial charge in [0.25, 0.3) is 0 Å². The van der Waals surface area contributed by atoms with E-state index in [0.29, 0.717) is 47.8 Å². The average molecular weight is 1620 g/mol. The third-order valence-electron chi connectivity index (χ3n) is 15.8. The molecule has 4 aromatic carbocycles. The first kappa shape index (κ1) is 80.7. The number of imidazole rings is 3. The van der Waals surface area contributed by atoms with Crippen LogP contribution in [0.5, 0.6) is 34.5 Å². The summed E-state index contributed by atoms with van der Waals surface area (Å²) in [4.78, 5) is 75.9. The largest absolute Gasteiger partial charge is 0.481 e. The summed E-state index contributed by atoms with van der Waals surface area (Å²) >= 11 is 4.07. The van der Waals surface area contributed by atoms with Crippen LogP contribution in [0.2, 0.25) is 0 Å². The van der Waals surface area contributed by atoms with Crippen LogP contribution in [0.3, 0.4) is 0 Å². The molecule has 9 aromatic heterocycles. The Bertz CT molecular complexity index is 5500. The molecule has 112 heavy (non-hydrogen) atoms. The van der Waals surface area contributed by atoms with Gasteiger partial charge in [0.1, 0.15) is 35.4 Å². The van der Waals surface area contributed by atoms with Gasteiger partial charge in [-0.3, -0.25) is 34.1 Å². The molecule has 0 fully saturated rings. The number of thiophene rings is 3. The van der Waals surface area contributed by atoms with Gasteiger partial charge in [-0.2, -0.15) is 39.5 Å². The first-order valence-corrected chi connectivity index (χ1v) is 35.6. The fourth-order valence-electron chi connectivity index (χ4n) is 10.7. The summed E-state index contributed by atoms with van der Waals surface area (Å²) in [6.45, 7) is 2.26. The highest BCUT2D eigenvalue weighted by Crippen LogP contribution is 2.44. The molecule has 0 saturated heterocycles. The van der Waals surface area contributed by atoms with Crippen molar-refractivity contribution in [3.63, 3.8) is 0 Å². The molecule has 38 heteroatoms. The van der Waals surface area contributed by atoms with E-state index >= 15 is 4.39 Å². The Hall–Kier alpha value is -12.3. The molecule has 0 aliphatic heterocycles. The third-order valence-corrected chi connectivity index (χ3v) is 19.3. The van der Waals surface area contributed by atoms with Gasteiger partial charge in [0.05, 0.1) is 107 Å². The number of aliphatic carboxylic acids is 1. The molecule has 3 atom stereocenters. The zero-order valence-corrected chi connectivity index (χ0v) is 61.2. The normalized spacial score (nSPS) is 12.4. The van der Waals surface area contributed by atoms with Crippen LogP contribution in [0, 0.1) is 23.4 Å². The minimum atomic E-state index is -5.09. The molecular formula is C74H61F12N13O10S3. The van der Waals surface area contributed by atoms with Crippen LogP contribution in [0.1, 0.15) is 26.7 Å². The minimum absolute atomic E-state index is 0.150. The van der Waals surface area contributed by atoms with Crippen molar-refractivity contribution < 1.29 is 101 Å². The maximum absolute atomic E-state index is 15.1. The number of nitrogens with zero attached hydrogens (tertiary/aromatic N) is 9. The molecule has 1 amide bonds. The lowest BCUT2D eigenvalue weighted by Crippen LogP contribution is -2.50. The summed E-state index contributed by atoms with van der Waals surface area (Å²) in [7, 11) is 5.54. The number of pyridine rings is 3.